The summed E-state index contributed by atoms with van der Waals surface area (Å²) in [7, 11) is 0. The van der Waals surface area contributed by atoms with Gasteiger partial charge in [0.2, 0.25) is 5.91 Å². The third-order valence-electron chi connectivity index (χ3n) is 3.44. The first kappa shape index (κ1) is 14.1. The maximum atomic E-state index is 12.1. The Kier molecular flexibility index (Phi) is 4.59. The minimum Gasteiger partial charge on any atom is -0.354 e. The van der Waals surface area contributed by atoms with Crippen molar-refractivity contribution in [3.8, 4) is 0 Å². The van der Waals surface area contributed by atoms with Crippen LogP contribution in [0.2, 0.25) is 5.02 Å². The molecule has 0 unspecified atom stereocenters. The van der Waals surface area contributed by atoms with Crippen LogP contribution in [0.1, 0.15) is 38.2 Å². The first-order valence-electron chi connectivity index (χ1n) is 6.71. The number of amides is 1. The summed E-state index contributed by atoms with van der Waals surface area (Å²) >= 11 is 5.89. The van der Waals surface area contributed by atoms with Gasteiger partial charge in [0.05, 0.1) is 5.92 Å². The highest BCUT2D eigenvalue weighted by molar-refractivity contribution is 6.30. The molecule has 4 heteroatoms. The fourth-order valence-corrected chi connectivity index (χ4v) is 2.44. The van der Waals surface area contributed by atoms with Gasteiger partial charge < -0.3 is 5.32 Å². The molecule has 2 atom stereocenters. The molecule has 0 spiro atoms. The molecule has 1 N–H and O–H groups in total. The molecular formula is C15H19ClN2O. The van der Waals surface area contributed by atoms with Gasteiger partial charge in [-0.15, -0.1) is 0 Å². The Morgan fingerprint density at radius 3 is 2.63 bits per heavy atom. The number of halogens is 1. The summed E-state index contributed by atoms with van der Waals surface area (Å²) in [6, 6.07) is 7.37. The lowest BCUT2D eigenvalue weighted by molar-refractivity contribution is -0.122. The smallest absolute Gasteiger partial charge is 0.245 e. The van der Waals surface area contributed by atoms with Crippen LogP contribution in [0.4, 0.5) is 0 Å². The maximum absolute atomic E-state index is 12.1. The van der Waals surface area contributed by atoms with E-state index in [1.807, 2.05) is 31.2 Å². The zero-order valence-corrected chi connectivity index (χ0v) is 12.1. The standard InChI is InChI=1S/C15H19ClN2O/c1-3-4-9-17-15(19)14-13(10(2)18-14)11-5-7-12(16)8-6-11/h5-8,13-14H,3-4,9H2,1-2H3,(H,17,19)/t13-,14-/m0/s1. The van der Waals surface area contributed by atoms with Gasteiger partial charge >= 0.3 is 0 Å². The van der Waals surface area contributed by atoms with E-state index in [1.54, 1.807) is 0 Å². The molecule has 0 aromatic heterocycles. The Hall–Kier alpha value is -1.35. The van der Waals surface area contributed by atoms with E-state index in [1.165, 1.54) is 0 Å². The number of nitrogens with one attached hydrogen (secondary N) is 1. The van der Waals surface area contributed by atoms with Crippen molar-refractivity contribution in [1.29, 1.82) is 0 Å². The van der Waals surface area contributed by atoms with E-state index in [2.05, 4.69) is 17.2 Å². The molecule has 1 amide bonds. The summed E-state index contributed by atoms with van der Waals surface area (Å²) < 4.78 is 0. The first-order valence-corrected chi connectivity index (χ1v) is 7.08. The van der Waals surface area contributed by atoms with E-state index in [-0.39, 0.29) is 17.9 Å². The highest BCUT2D eigenvalue weighted by atomic mass is 35.5. The summed E-state index contributed by atoms with van der Waals surface area (Å²) in [5, 5.41) is 3.65. The van der Waals surface area contributed by atoms with Crippen LogP contribution >= 0.6 is 11.6 Å². The van der Waals surface area contributed by atoms with Crippen LogP contribution in [-0.2, 0) is 4.79 Å². The molecule has 0 radical (unpaired) electrons. The van der Waals surface area contributed by atoms with Crippen LogP contribution in [0.25, 0.3) is 0 Å². The maximum Gasteiger partial charge on any atom is 0.245 e. The molecule has 1 aliphatic heterocycles. The number of hydrogen-bond donors (Lipinski definition) is 1. The molecule has 1 heterocycles. The van der Waals surface area contributed by atoms with Gasteiger partial charge in [-0.25, -0.2) is 0 Å². The second-order valence-electron chi connectivity index (χ2n) is 4.89. The van der Waals surface area contributed by atoms with E-state index in [4.69, 9.17) is 11.6 Å². The predicted molar refractivity (Wildman–Crippen MR) is 79.0 cm³/mol. The highest BCUT2D eigenvalue weighted by Gasteiger charge is 2.38. The van der Waals surface area contributed by atoms with Gasteiger partial charge in [-0.1, -0.05) is 37.1 Å². The molecule has 19 heavy (non-hydrogen) atoms. The monoisotopic (exact) mass is 278 g/mol. The lowest BCUT2D eigenvalue weighted by atomic mass is 9.82. The van der Waals surface area contributed by atoms with Crippen molar-refractivity contribution in [1.82, 2.24) is 5.32 Å². The number of benzene rings is 1. The van der Waals surface area contributed by atoms with Gasteiger partial charge in [-0.05, 0) is 31.0 Å². The molecule has 1 aromatic rings. The predicted octanol–water partition coefficient (Wildman–Crippen LogP) is 3.18. The normalized spacial score (nSPS) is 21.5. The minimum absolute atomic E-state index is 0.0269. The van der Waals surface area contributed by atoms with Gasteiger partial charge in [0.1, 0.15) is 6.04 Å². The fourth-order valence-electron chi connectivity index (χ4n) is 2.32. The molecule has 0 fully saturated rings. The number of nitrogens with zero attached hydrogens (tertiary/aromatic N) is 1. The highest BCUT2D eigenvalue weighted by Crippen LogP contribution is 2.32. The molecule has 0 bridgehead atoms. The Labute approximate surface area is 119 Å². The van der Waals surface area contributed by atoms with Crippen molar-refractivity contribution < 1.29 is 4.79 Å². The lowest BCUT2D eigenvalue weighted by Crippen LogP contribution is -2.46. The third kappa shape index (κ3) is 3.16. The van der Waals surface area contributed by atoms with Crippen LogP contribution in [0.5, 0.6) is 0 Å². The number of carbonyl (C=O) groups excluding carboxylic acids is 1. The SMILES string of the molecule is CCCCNC(=O)[C@H]1N=C(C)[C@H]1c1ccc(Cl)cc1. The van der Waals surface area contributed by atoms with Crippen molar-refractivity contribution in [3.63, 3.8) is 0 Å². The topological polar surface area (TPSA) is 41.5 Å². The van der Waals surface area contributed by atoms with Crippen molar-refractivity contribution in [2.75, 3.05) is 6.54 Å². The zero-order chi connectivity index (χ0) is 13.8. The molecule has 0 saturated carbocycles. The van der Waals surface area contributed by atoms with Crippen LogP contribution in [-0.4, -0.2) is 24.2 Å². The van der Waals surface area contributed by atoms with Gasteiger partial charge in [-0.3, -0.25) is 9.79 Å². The van der Waals surface area contributed by atoms with Gasteiger partial charge in [-0.2, -0.15) is 0 Å². The number of hydrogen-bond acceptors (Lipinski definition) is 2. The molecule has 1 aliphatic rings. The van der Waals surface area contributed by atoms with Crippen molar-refractivity contribution >= 4 is 23.2 Å². The summed E-state index contributed by atoms with van der Waals surface area (Å²) in [6.07, 6.45) is 2.08. The van der Waals surface area contributed by atoms with Gasteiger partial charge in [0.25, 0.3) is 0 Å². The Morgan fingerprint density at radius 2 is 2.05 bits per heavy atom. The van der Waals surface area contributed by atoms with Crippen molar-refractivity contribution in [2.24, 2.45) is 4.99 Å². The van der Waals surface area contributed by atoms with Crippen LogP contribution in [0, 0.1) is 0 Å². The number of carbonyl (C=O) groups is 1. The zero-order valence-electron chi connectivity index (χ0n) is 11.3. The third-order valence-corrected chi connectivity index (χ3v) is 3.69. The van der Waals surface area contributed by atoms with Crippen molar-refractivity contribution in [2.45, 2.75) is 38.6 Å². The fraction of sp³-hybridized carbons (Fsp3) is 0.467. The quantitative estimate of drug-likeness (QED) is 0.826. The minimum atomic E-state index is -0.280. The van der Waals surface area contributed by atoms with Crippen LogP contribution in [0.15, 0.2) is 29.3 Å². The average Bonchev–Trinajstić information content (AvgIpc) is 2.38. The summed E-state index contributed by atoms with van der Waals surface area (Å²) in [5.74, 6) is 0.123. The summed E-state index contributed by atoms with van der Waals surface area (Å²) in [5.41, 5.74) is 2.12. The Bertz CT molecular complexity index is 481. The van der Waals surface area contributed by atoms with E-state index >= 15 is 0 Å². The van der Waals surface area contributed by atoms with Crippen LogP contribution < -0.4 is 5.32 Å². The first-order chi connectivity index (χ1) is 9.13. The molecule has 3 nitrogen and oxygen atoms in total. The molecular weight excluding hydrogens is 260 g/mol. The van der Waals surface area contributed by atoms with Gasteiger partial charge in [0.15, 0.2) is 0 Å². The van der Waals surface area contributed by atoms with Crippen LogP contribution in [0.3, 0.4) is 0 Å². The van der Waals surface area contributed by atoms with E-state index in [0.29, 0.717) is 5.02 Å². The van der Waals surface area contributed by atoms with Crippen molar-refractivity contribution in [3.05, 3.63) is 34.9 Å². The van der Waals surface area contributed by atoms with Gasteiger partial charge in [0, 0.05) is 17.3 Å². The molecule has 1 aromatic carbocycles. The molecule has 0 saturated heterocycles. The Morgan fingerprint density at radius 1 is 1.37 bits per heavy atom. The second-order valence-corrected chi connectivity index (χ2v) is 5.33. The summed E-state index contributed by atoms with van der Waals surface area (Å²) in [6.45, 7) is 4.80. The molecule has 102 valence electrons. The number of unbranched alkanes of at least 4 members (excludes halogenated alkanes) is 1. The average molecular weight is 279 g/mol. The number of rotatable bonds is 5. The molecule has 2 rings (SSSR count). The summed E-state index contributed by atoms with van der Waals surface area (Å²) in [4.78, 5) is 16.4. The van der Waals surface area contributed by atoms with E-state index < -0.39 is 0 Å². The van der Waals surface area contributed by atoms with E-state index in [9.17, 15) is 4.79 Å². The number of aliphatic imine (C=N–C) groups is 1. The largest absolute Gasteiger partial charge is 0.354 e. The van der Waals surface area contributed by atoms with E-state index in [0.717, 1.165) is 30.7 Å². The molecule has 0 aliphatic carbocycles. The lowest BCUT2D eigenvalue weighted by Gasteiger charge is -2.32. The second kappa shape index (κ2) is 6.20. The Balaban J connectivity index is 2.03.